The Bertz CT molecular complexity index is 1040. The van der Waals surface area contributed by atoms with E-state index in [0.29, 0.717) is 30.4 Å². The topological polar surface area (TPSA) is 81.9 Å². The van der Waals surface area contributed by atoms with Gasteiger partial charge >= 0.3 is 0 Å². The first-order valence-corrected chi connectivity index (χ1v) is 9.62. The van der Waals surface area contributed by atoms with Gasteiger partial charge in [0.15, 0.2) is 5.82 Å². The second kappa shape index (κ2) is 7.67. The van der Waals surface area contributed by atoms with Gasteiger partial charge in [-0.05, 0) is 53.9 Å². The molecule has 144 valence electrons. The number of hydrogen-bond donors (Lipinski definition) is 1. The molecular formula is C19H17BrFN5O2. The molecule has 1 amide bonds. The van der Waals surface area contributed by atoms with Crippen LogP contribution in [0.25, 0.3) is 11.5 Å². The number of pyridine rings is 1. The number of rotatable bonds is 0. The molecule has 4 rings (SSSR count). The summed E-state index contributed by atoms with van der Waals surface area (Å²) in [6.45, 7) is 2.42. The Kier molecular flexibility index (Phi) is 5.08. The summed E-state index contributed by atoms with van der Waals surface area (Å²) in [5.41, 5.74) is 0.838. The summed E-state index contributed by atoms with van der Waals surface area (Å²) in [4.78, 5) is 17.3. The fraction of sp³-hybridized carbons (Fsp3) is 0.263. The minimum Gasteiger partial charge on any atom is -0.493 e. The number of hydrogen-bond acceptors (Lipinski definition) is 5. The smallest absolute Gasteiger partial charge is 0.260 e. The second-order valence-electron chi connectivity index (χ2n) is 6.53. The van der Waals surface area contributed by atoms with Crippen LogP contribution in [0.1, 0.15) is 36.2 Å². The number of halogens is 2. The van der Waals surface area contributed by atoms with E-state index in [2.05, 4.69) is 43.4 Å². The van der Waals surface area contributed by atoms with Crippen LogP contribution in [0.5, 0.6) is 5.75 Å². The molecule has 0 fully saturated rings. The maximum atomic E-state index is 14.0. The lowest BCUT2D eigenvalue weighted by Gasteiger charge is -2.17. The molecule has 3 aromatic rings. The van der Waals surface area contributed by atoms with Crippen molar-refractivity contribution in [1.82, 2.24) is 19.7 Å². The summed E-state index contributed by atoms with van der Waals surface area (Å²) in [7, 11) is 0. The van der Waals surface area contributed by atoms with Crippen LogP contribution in [0.4, 0.5) is 10.2 Å². The largest absolute Gasteiger partial charge is 0.493 e. The second-order valence-corrected chi connectivity index (χ2v) is 7.38. The zero-order valence-corrected chi connectivity index (χ0v) is 16.6. The third-order valence-corrected chi connectivity index (χ3v) is 5.17. The van der Waals surface area contributed by atoms with Gasteiger partial charge in [0.25, 0.3) is 5.91 Å². The number of aromatic nitrogens is 4. The van der Waals surface area contributed by atoms with Crippen LogP contribution in [0.2, 0.25) is 0 Å². The van der Waals surface area contributed by atoms with Gasteiger partial charge in [-0.1, -0.05) is 6.07 Å². The van der Waals surface area contributed by atoms with E-state index in [0.717, 1.165) is 6.42 Å². The molecule has 0 aliphatic carbocycles. The Morgan fingerprint density at radius 3 is 3.07 bits per heavy atom. The van der Waals surface area contributed by atoms with E-state index in [4.69, 9.17) is 4.74 Å². The summed E-state index contributed by atoms with van der Waals surface area (Å²) in [5.74, 6) is 0.256. The van der Waals surface area contributed by atoms with Crippen molar-refractivity contribution in [1.29, 1.82) is 0 Å². The molecule has 0 spiro atoms. The van der Waals surface area contributed by atoms with Gasteiger partial charge in [0, 0.05) is 12.1 Å². The Morgan fingerprint density at radius 1 is 1.36 bits per heavy atom. The first kappa shape index (κ1) is 18.5. The van der Waals surface area contributed by atoms with Gasteiger partial charge in [0.2, 0.25) is 0 Å². The summed E-state index contributed by atoms with van der Waals surface area (Å²) in [6.07, 6.45) is 3.18. The maximum Gasteiger partial charge on any atom is 0.260 e. The molecule has 0 saturated heterocycles. The quantitative estimate of drug-likeness (QED) is 0.559. The van der Waals surface area contributed by atoms with Gasteiger partial charge in [-0.15, -0.1) is 10.2 Å². The lowest BCUT2D eigenvalue weighted by Crippen LogP contribution is -2.16. The van der Waals surface area contributed by atoms with Gasteiger partial charge < -0.3 is 14.6 Å². The SMILES string of the molecule is CC1CCCOc2cc(F)c(Br)cc2C(=O)Nc2cccc(n2)-c2nncn21. The number of ether oxygens (including phenoxy) is 1. The highest BCUT2D eigenvalue weighted by molar-refractivity contribution is 9.10. The average Bonchev–Trinajstić information content (AvgIpc) is 3.17. The highest BCUT2D eigenvalue weighted by Gasteiger charge is 2.19. The van der Waals surface area contributed by atoms with Gasteiger partial charge in [0.05, 0.1) is 16.6 Å². The van der Waals surface area contributed by atoms with Crippen LogP contribution in [0.3, 0.4) is 0 Å². The molecule has 2 bridgehead atoms. The molecule has 28 heavy (non-hydrogen) atoms. The molecule has 9 heteroatoms. The van der Waals surface area contributed by atoms with Crippen molar-refractivity contribution in [2.75, 3.05) is 11.9 Å². The molecule has 0 radical (unpaired) electrons. The minimum atomic E-state index is -0.490. The van der Waals surface area contributed by atoms with E-state index in [1.165, 1.54) is 12.1 Å². The van der Waals surface area contributed by atoms with E-state index >= 15 is 0 Å². The lowest BCUT2D eigenvalue weighted by molar-refractivity contribution is 0.102. The third-order valence-electron chi connectivity index (χ3n) is 4.56. The summed E-state index contributed by atoms with van der Waals surface area (Å²) >= 11 is 3.13. The molecule has 1 unspecified atom stereocenters. The third kappa shape index (κ3) is 3.62. The van der Waals surface area contributed by atoms with Gasteiger partial charge in [-0.25, -0.2) is 9.37 Å². The van der Waals surface area contributed by atoms with Gasteiger partial charge in [-0.3, -0.25) is 4.79 Å². The maximum absolute atomic E-state index is 14.0. The Balaban J connectivity index is 1.78. The zero-order valence-electron chi connectivity index (χ0n) is 15.0. The molecule has 1 atom stereocenters. The Labute approximate surface area is 169 Å². The predicted octanol–water partition coefficient (Wildman–Crippen LogP) is 4.23. The zero-order chi connectivity index (χ0) is 19.7. The number of amides is 1. The summed E-state index contributed by atoms with van der Waals surface area (Å²) in [6, 6.07) is 8.03. The normalized spacial score (nSPS) is 17.0. The standard InChI is InChI=1S/C19H17BrFN5O2/c1-11-4-3-7-28-16-9-14(21)13(20)8-12(16)19(27)24-17-6-2-5-15(23-17)18-25-22-10-26(11)18/h2,5-6,8-11H,3-4,7H2,1H3,(H,23,24,27). The van der Waals surface area contributed by atoms with Crippen LogP contribution < -0.4 is 10.1 Å². The van der Waals surface area contributed by atoms with E-state index in [9.17, 15) is 9.18 Å². The molecule has 1 aliphatic rings. The number of anilines is 1. The summed E-state index contributed by atoms with van der Waals surface area (Å²) in [5, 5.41) is 10.9. The van der Waals surface area contributed by atoms with Crippen molar-refractivity contribution < 1.29 is 13.9 Å². The Morgan fingerprint density at radius 2 is 2.21 bits per heavy atom. The first-order chi connectivity index (χ1) is 13.5. The molecule has 1 N–H and O–H groups in total. The molecule has 1 aromatic carbocycles. The number of carbonyl (C=O) groups excluding carboxylic acids is 1. The van der Waals surface area contributed by atoms with Crippen LogP contribution >= 0.6 is 15.9 Å². The number of nitrogens with one attached hydrogen (secondary N) is 1. The summed E-state index contributed by atoms with van der Waals surface area (Å²) < 4.78 is 21.9. The molecular weight excluding hydrogens is 429 g/mol. The molecule has 3 heterocycles. The van der Waals surface area contributed by atoms with Crippen LogP contribution in [-0.4, -0.2) is 32.3 Å². The highest BCUT2D eigenvalue weighted by Crippen LogP contribution is 2.29. The van der Waals surface area contributed by atoms with Crippen molar-refractivity contribution in [3.63, 3.8) is 0 Å². The van der Waals surface area contributed by atoms with Crippen molar-refractivity contribution in [2.24, 2.45) is 0 Å². The molecule has 2 aromatic heterocycles. The monoisotopic (exact) mass is 445 g/mol. The van der Waals surface area contributed by atoms with E-state index in [1.54, 1.807) is 18.5 Å². The molecule has 1 aliphatic heterocycles. The van der Waals surface area contributed by atoms with E-state index in [-0.39, 0.29) is 21.8 Å². The van der Waals surface area contributed by atoms with E-state index < -0.39 is 11.7 Å². The Hall–Kier alpha value is -2.81. The van der Waals surface area contributed by atoms with Crippen molar-refractivity contribution >= 4 is 27.7 Å². The average molecular weight is 446 g/mol. The number of benzene rings is 1. The van der Waals surface area contributed by atoms with Gasteiger partial charge in [0.1, 0.15) is 29.4 Å². The lowest BCUT2D eigenvalue weighted by atomic mass is 10.1. The van der Waals surface area contributed by atoms with Crippen molar-refractivity contribution in [2.45, 2.75) is 25.8 Å². The molecule has 0 saturated carbocycles. The molecule has 7 nitrogen and oxygen atoms in total. The van der Waals surface area contributed by atoms with Crippen LogP contribution in [-0.2, 0) is 0 Å². The van der Waals surface area contributed by atoms with Crippen LogP contribution in [0.15, 0.2) is 41.1 Å². The first-order valence-electron chi connectivity index (χ1n) is 8.83. The van der Waals surface area contributed by atoms with Crippen LogP contribution in [0, 0.1) is 5.82 Å². The number of nitrogens with zero attached hydrogens (tertiary/aromatic N) is 4. The van der Waals surface area contributed by atoms with Crippen molar-refractivity contribution in [3.8, 4) is 17.3 Å². The minimum absolute atomic E-state index is 0.123. The fourth-order valence-corrected chi connectivity index (χ4v) is 3.43. The highest BCUT2D eigenvalue weighted by atomic mass is 79.9. The van der Waals surface area contributed by atoms with E-state index in [1.807, 2.05) is 10.6 Å². The number of fused-ring (bicyclic) bond motifs is 5. The number of carbonyl (C=O) groups is 1. The predicted molar refractivity (Wildman–Crippen MR) is 105 cm³/mol. The van der Waals surface area contributed by atoms with Gasteiger partial charge in [-0.2, -0.15) is 0 Å². The fourth-order valence-electron chi connectivity index (χ4n) is 3.09. The van der Waals surface area contributed by atoms with Crippen molar-refractivity contribution in [3.05, 3.63) is 52.5 Å².